The first kappa shape index (κ1) is 41.3. The molecule has 16 nitrogen and oxygen atoms in total. The molecular formula is C41H47NO15. The average Bonchev–Trinajstić information content (AvgIpc) is 3.73. The monoisotopic (exact) mass is 793 g/mol. The van der Waals surface area contributed by atoms with Crippen LogP contribution in [0.5, 0.6) is 0 Å². The van der Waals surface area contributed by atoms with E-state index in [1.807, 2.05) is 0 Å². The maximum atomic E-state index is 16.0. The Bertz CT molecular complexity index is 1990. The van der Waals surface area contributed by atoms with Gasteiger partial charge in [0.2, 0.25) is 6.10 Å². The van der Waals surface area contributed by atoms with Crippen LogP contribution >= 0.6 is 0 Å². The molecule has 2 saturated heterocycles. The fourth-order valence-corrected chi connectivity index (χ4v) is 9.78. The Balaban J connectivity index is 1.71. The van der Waals surface area contributed by atoms with E-state index in [1.165, 1.54) is 57.2 Å². The van der Waals surface area contributed by atoms with Crippen LogP contribution < -0.4 is 0 Å². The SMILES string of the molecule is C=C1C2C(=O)C3(C)C(OC14C(OC(C)=O)C(=O)OC(c1ccoc1)C4(C)C2OC(C)=O)C(OC(=O)c1cccnc1)C(OC(=O)C(C)C)C(C)(C)C3CC(=O)OC. The molecule has 2 aliphatic carbocycles. The Morgan fingerprint density at radius 3 is 2.19 bits per heavy atom. The van der Waals surface area contributed by atoms with Crippen molar-refractivity contribution in [3.05, 3.63) is 66.4 Å². The van der Waals surface area contributed by atoms with Crippen LogP contribution in [0, 0.1) is 34.0 Å². The van der Waals surface area contributed by atoms with E-state index in [0.29, 0.717) is 0 Å². The molecule has 1 spiro atoms. The zero-order valence-electron chi connectivity index (χ0n) is 33.2. The third-order valence-electron chi connectivity index (χ3n) is 12.5. The summed E-state index contributed by atoms with van der Waals surface area (Å²) in [5, 5.41) is 0. The summed E-state index contributed by atoms with van der Waals surface area (Å²) in [6, 6.07) is 4.47. The third-order valence-corrected chi connectivity index (χ3v) is 12.5. The van der Waals surface area contributed by atoms with Crippen LogP contribution in [0.1, 0.15) is 83.8 Å². The average molecular weight is 794 g/mol. The highest BCUT2D eigenvalue weighted by Gasteiger charge is 2.84. The lowest BCUT2D eigenvalue weighted by molar-refractivity contribution is -0.315. The number of methoxy groups -OCH3 is 1. The van der Waals surface area contributed by atoms with E-state index >= 15 is 4.79 Å². The topological polar surface area (TPSA) is 210 Å². The Kier molecular flexibility index (Phi) is 10.5. The summed E-state index contributed by atoms with van der Waals surface area (Å²) in [5.41, 5.74) is -7.24. The van der Waals surface area contributed by atoms with Crippen LogP contribution in [-0.4, -0.2) is 89.8 Å². The predicted molar refractivity (Wildman–Crippen MR) is 192 cm³/mol. The number of furan rings is 1. The second-order valence-electron chi connectivity index (χ2n) is 16.4. The van der Waals surface area contributed by atoms with Gasteiger partial charge in [-0.15, -0.1) is 0 Å². The van der Waals surface area contributed by atoms with Gasteiger partial charge in [0.15, 0.2) is 17.5 Å². The summed E-state index contributed by atoms with van der Waals surface area (Å²) in [6.45, 7) is 16.1. The number of pyridine rings is 1. The van der Waals surface area contributed by atoms with Crippen molar-refractivity contribution in [3.63, 3.8) is 0 Å². The van der Waals surface area contributed by atoms with Gasteiger partial charge in [-0.05, 0) is 43.5 Å². The highest BCUT2D eigenvalue weighted by atomic mass is 16.7. The maximum Gasteiger partial charge on any atom is 0.351 e. The number of hydrogen-bond acceptors (Lipinski definition) is 16. The summed E-state index contributed by atoms with van der Waals surface area (Å²) >= 11 is 0. The molecule has 0 N–H and O–H groups in total. The molecule has 0 amide bonds. The van der Waals surface area contributed by atoms with Crippen molar-refractivity contribution < 1.29 is 71.1 Å². The van der Waals surface area contributed by atoms with Gasteiger partial charge in [-0.2, -0.15) is 0 Å². The van der Waals surface area contributed by atoms with E-state index in [-0.39, 0.29) is 16.7 Å². The van der Waals surface area contributed by atoms with Crippen molar-refractivity contribution >= 4 is 41.6 Å². The van der Waals surface area contributed by atoms with Crippen LogP contribution in [0.25, 0.3) is 0 Å². The molecule has 4 heterocycles. The number of ether oxygens (including phenoxy) is 7. The lowest BCUT2D eigenvalue weighted by Crippen LogP contribution is -2.75. The Morgan fingerprint density at radius 2 is 1.63 bits per heavy atom. The van der Waals surface area contributed by atoms with Crippen LogP contribution in [0.4, 0.5) is 0 Å². The largest absolute Gasteiger partial charge is 0.472 e. The molecule has 6 rings (SSSR count). The highest BCUT2D eigenvalue weighted by Crippen LogP contribution is 2.71. The molecule has 306 valence electrons. The minimum atomic E-state index is -2.29. The highest BCUT2D eigenvalue weighted by molar-refractivity contribution is 5.96. The van der Waals surface area contributed by atoms with Gasteiger partial charge in [0.05, 0.1) is 54.3 Å². The van der Waals surface area contributed by atoms with Gasteiger partial charge in [-0.25, -0.2) is 9.59 Å². The quantitative estimate of drug-likeness (QED) is 0.199. The van der Waals surface area contributed by atoms with Gasteiger partial charge < -0.3 is 37.6 Å². The van der Waals surface area contributed by atoms with Crippen molar-refractivity contribution in [1.82, 2.24) is 4.98 Å². The molecule has 4 aliphatic rings. The van der Waals surface area contributed by atoms with E-state index in [2.05, 4.69) is 11.6 Å². The molecule has 4 fully saturated rings. The molecule has 0 radical (unpaired) electrons. The first-order chi connectivity index (χ1) is 26.7. The first-order valence-electron chi connectivity index (χ1n) is 18.6. The number of carbonyl (C=O) groups is 7. The van der Waals surface area contributed by atoms with Gasteiger partial charge in [0, 0.05) is 37.2 Å². The minimum absolute atomic E-state index is 0.00508. The number of Topliss-reactive ketones (excluding diaryl/α,β-unsaturated/α-hetero) is 1. The molecule has 57 heavy (non-hydrogen) atoms. The Labute approximate surface area is 328 Å². The van der Waals surface area contributed by atoms with E-state index in [1.54, 1.807) is 34.6 Å². The standard InChI is InChI=1S/C41H47NO15/c1-19(2)35(47)56-32-28(54-36(48)23-12-11-14-42-17-23)33-39(8,25(38(32,6)7)16-26(45)50-10)29(46)27-20(3)41(57-33)34(53-22(5)44)37(49)55-30(24-13-15-51-18-24)40(41,9)31(27)52-21(4)43/h11-15,17-19,25,27-28,30-34H,3,16H2,1-2,4-10H3. The number of carbonyl (C=O) groups excluding carboxylic acids is 7. The number of rotatable bonds is 9. The molecule has 2 saturated carbocycles. The fourth-order valence-electron chi connectivity index (χ4n) is 9.78. The lowest BCUT2D eigenvalue weighted by Gasteiger charge is -2.62. The van der Waals surface area contributed by atoms with Crippen LogP contribution in [0.2, 0.25) is 0 Å². The molecule has 2 aliphatic heterocycles. The number of cyclic esters (lactones) is 1. The third kappa shape index (κ3) is 6.14. The van der Waals surface area contributed by atoms with Gasteiger partial charge in [-0.1, -0.05) is 34.3 Å². The first-order valence-corrected chi connectivity index (χ1v) is 18.6. The van der Waals surface area contributed by atoms with E-state index in [9.17, 15) is 28.8 Å². The van der Waals surface area contributed by atoms with E-state index in [0.717, 1.165) is 13.8 Å². The number of nitrogens with zero attached hydrogens (tertiary/aromatic N) is 1. The Morgan fingerprint density at radius 1 is 0.947 bits per heavy atom. The number of aromatic nitrogens is 1. The van der Waals surface area contributed by atoms with Crippen molar-refractivity contribution in [2.75, 3.05) is 7.11 Å². The normalized spacial score (nSPS) is 35.2. The molecule has 11 unspecified atom stereocenters. The number of esters is 6. The summed E-state index contributed by atoms with van der Waals surface area (Å²) in [7, 11) is 1.18. The van der Waals surface area contributed by atoms with Gasteiger partial charge >= 0.3 is 35.8 Å². The molecule has 0 aromatic carbocycles. The molecule has 2 aromatic heterocycles. The number of hydrogen-bond donors (Lipinski definition) is 0. The molecule has 16 heteroatoms. The fraction of sp³-hybridized carbons (Fsp3) is 0.561. The minimum Gasteiger partial charge on any atom is -0.472 e. The van der Waals surface area contributed by atoms with Gasteiger partial charge in [0.25, 0.3) is 0 Å². The van der Waals surface area contributed by atoms with E-state index in [4.69, 9.17) is 37.6 Å². The number of fused-ring (bicyclic) bond motifs is 2. The van der Waals surface area contributed by atoms with Crippen molar-refractivity contribution in [2.24, 2.45) is 34.0 Å². The molecule has 2 aromatic rings. The maximum absolute atomic E-state index is 16.0. The Hall–Kier alpha value is -5.38. The zero-order chi connectivity index (χ0) is 42.0. The molecular weight excluding hydrogens is 746 g/mol. The second-order valence-corrected chi connectivity index (χ2v) is 16.4. The summed E-state index contributed by atoms with van der Waals surface area (Å²) < 4.78 is 48.2. The predicted octanol–water partition coefficient (Wildman–Crippen LogP) is 4.05. The smallest absolute Gasteiger partial charge is 0.351 e. The summed E-state index contributed by atoms with van der Waals surface area (Å²) in [4.78, 5) is 101. The van der Waals surface area contributed by atoms with Crippen molar-refractivity contribution in [2.45, 2.75) is 104 Å². The lowest BCUT2D eigenvalue weighted by atomic mass is 9.49. The zero-order valence-corrected chi connectivity index (χ0v) is 33.2. The van der Waals surface area contributed by atoms with Crippen LogP contribution in [0.15, 0.2) is 59.7 Å². The van der Waals surface area contributed by atoms with E-state index < -0.39 is 124 Å². The van der Waals surface area contributed by atoms with Gasteiger partial charge in [-0.3, -0.25) is 29.0 Å². The second kappa shape index (κ2) is 14.5. The summed E-state index contributed by atoms with van der Waals surface area (Å²) in [5.74, 6) is -9.17. The molecule has 11 atom stereocenters. The van der Waals surface area contributed by atoms with Crippen LogP contribution in [0.3, 0.4) is 0 Å². The van der Waals surface area contributed by atoms with Crippen molar-refractivity contribution in [1.29, 1.82) is 0 Å². The van der Waals surface area contributed by atoms with Crippen LogP contribution in [-0.2, 0) is 61.9 Å². The van der Waals surface area contributed by atoms with Gasteiger partial charge in [0.1, 0.15) is 24.4 Å². The number of ketones is 1. The summed E-state index contributed by atoms with van der Waals surface area (Å²) in [6.07, 6.45) is -4.71. The molecule has 2 bridgehead atoms. The van der Waals surface area contributed by atoms with Crippen molar-refractivity contribution in [3.8, 4) is 0 Å².